The molecular weight excluding hydrogens is 186 g/mol. The molecule has 1 N–H and O–H groups in total. The van der Waals surface area contributed by atoms with E-state index < -0.39 is 0 Å². The second kappa shape index (κ2) is 4.13. The Morgan fingerprint density at radius 2 is 2.27 bits per heavy atom. The van der Waals surface area contributed by atoms with Crippen molar-refractivity contribution in [3.8, 4) is 5.75 Å². The fourth-order valence-corrected chi connectivity index (χ4v) is 1.94. The van der Waals surface area contributed by atoms with Crippen LogP contribution < -0.4 is 10.1 Å². The van der Waals surface area contributed by atoms with E-state index in [1.165, 1.54) is 5.56 Å². The van der Waals surface area contributed by atoms with Crippen LogP contribution in [-0.2, 0) is 6.42 Å². The van der Waals surface area contributed by atoms with Gasteiger partial charge in [0.2, 0.25) is 0 Å². The van der Waals surface area contributed by atoms with Crippen LogP contribution in [0.2, 0.25) is 0 Å². The van der Waals surface area contributed by atoms with Crippen molar-refractivity contribution in [2.75, 3.05) is 11.9 Å². The van der Waals surface area contributed by atoms with Crippen LogP contribution in [0.4, 0.5) is 5.69 Å². The molecule has 0 bridgehead atoms. The lowest BCUT2D eigenvalue weighted by Crippen LogP contribution is -2.28. The minimum Gasteiger partial charge on any atom is -0.489 e. The monoisotopic (exact) mass is 205 g/mol. The molecule has 1 aliphatic heterocycles. The van der Waals surface area contributed by atoms with Gasteiger partial charge in [-0.3, -0.25) is 0 Å². The molecular formula is C13H19NO. The van der Waals surface area contributed by atoms with E-state index in [4.69, 9.17) is 4.74 Å². The van der Waals surface area contributed by atoms with E-state index in [0.29, 0.717) is 12.0 Å². The number of ether oxygens (including phenoxy) is 1. The molecule has 0 saturated carbocycles. The van der Waals surface area contributed by atoms with Crippen LogP contribution in [0.15, 0.2) is 18.2 Å². The molecule has 1 aliphatic rings. The molecule has 1 aromatic rings. The Hall–Kier alpha value is -1.18. The lowest BCUT2D eigenvalue weighted by Gasteiger charge is -2.25. The highest BCUT2D eigenvalue weighted by atomic mass is 16.5. The summed E-state index contributed by atoms with van der Waals surface area (Å²) < 4.78 is 5.63. The maximum Gasteiger partial charge on any atom is 0.142 e. The molecule has 2 rings (SSSR count). The number of fused-ring (bicyclic) bond motifs is 1. The van der Waals surface area contributed by atoms with Crippen LogP contribution in [-0.4, -0.2) is 12.6 Å². The minimum absolute atomic E-state index is 0.409. The maximum absolute atomic E-state index is 5.63. The molecule has 1 atom stereocenters. The summed E-state index contributed by atoms with van der Waals surface area (Å²) in [6, 6.07) is 6.86. The predicted octanol–water partition coefficient (Wildman–Crippen LogP) is 3.08. The molecule has 0 fully saturated rings. The van der Waals surface area contributed by atoms with Crippen LogP contribution in [0.1, 0.15) is 26.3 Å². The standard InChI is InChI=1S/C13H19NO/c1-9(2)6-11-4-5-13-12(7-11)14-10(3)8-15-13/h4-5,7,9-10,14H,6,8H2,1-3H3. The summed E-state index contributed by atoms with van der Waals surface area (Å²) in [5.41, 5.74) is 2.53. The first kappa shape index (κ1) is 10.3. The third kappa shape index (κ3) is 2.44. The van der Waals surface area contributed by atoms with E-state index in [2.05, 4.69) is 44.3 Å². The summed E-state index contributed by atoms with van der Waals surface area (Å²) in [6.07, 6.45) is 1.13. The van der Waals surface area contributed by atoms with Crippen molar-refractivity contribution in [2.24, 2.45) is 5.92 Å². The zero-order chi connectivity index (χ0) is 10.8. The summed E-state index contributed by atoms with van der Waals surface area (Å²) in [6.45, 7) is 7.38. The van der Waals surface area contributed by atoms with Gasteiger partial charge in [-0.2, -0.15) is 0 Å². The molecule has 0 amide bonds. The molecule has 0 spiro atoms. The molecule has 1 unspecified atom stereocenters. The van der Waals surface area contributed by atoms with E-state index >= 15 is 0 Å². The van der Waals surface area contributed by atoms with Crippen LogP contribution in [0.5, 0.6) is 5.75 Å². The Labute approximate surface area is 91.6 Å². The van der Waals surface area contributed by atoms with Gasteiger partial charge in [-0.1, -0.05) is 19.9 Å². The molecule has 1 aromatic carbocycles. The van der Waals surface area contributed by atoms with Gasteiger partial charge >= 0.3 is 0 Å². The normalized spacial score (nSPS) is 19.3. The van der Waals surface area contributed by atoms with E-state index in [9.17, 15) is 0 Å². The van der Waals surface area contributed by atoms with Crippen LogP contribution >= 0.6 is 0 Å². The quantitative estimate of drug-likeness (QED) is 0.801. The van der Waals surface area contributed by atoms with Crippen molar-refractivity contribution in [1.29, 1.82) is 0 Å². The Kier molecular flexibility index (Phi) is 2.85. The Morgan fingerprint density at radius 1 is 1.47 bits per heavy atom. The smallest absolute Gasteiger partial charge is 0.142 e. The summed E-state index contributed by atoms with van der Waals surface area (Å²) in [5.74, 6) is 1.69. The lowest BCUT2D eigenvalue weighted by atomic mass is 10.0. The third-order valence-corrected chi connectivity index (χ3v) is 2.58. The van der Waals surface area contributed by atoms with E-state index in [-0.39, 0.29) is 0 Å². The molecule has 2 heteroatoms. The summed E-state index contributed by atoms with van der Waals surface area (Å²) in [4.78, 5) is 0. The molecule has 82 valence electrons. The molecule has 0 saturated heterocycles. The van der Waals surface area contributed by atoms with Crippen LogP contribution in [0.25, 0.3) is 0 Å². The summed E-state index contributed by atoms with van der Waals surface area (Å²) in [7, 11) is 0. The zero-order valence-electron chi connectivity index (χ0n) is 9.71. The number of benzene rings is 1. The second-order valence-corrected chi connectivity index (χ2v) is 4.78. The van der Waals surface area contributed by atoms with E-state index in [1.54, 1.807) is 0 Å². The number of rotatable bonds is 2. The predicted molar refractivity (Wildman–Crippen MR) is 63.6 cm³/mol. The number of hydrogen-bond donors (Lipinski definition) is 1. The highest BCUT2D eigenvalue weighted by Crippen LogP contribution is 2.30. The fourth-order valence-electron chi connectivity index (χ4n) is 1.94. The highest BCUT2D eigenvalue weighted by molar-refractivity contribution is 5.60. The topological polar surface area (TPSA) is 21.3 Å². The summed E-state index contributed by atoms with van der Waals surface area (Å²) >= 11 is 0. The zero-order valence-corrected chi connectivity index (χ0v) is 9.71. The SMILES string of the molecule is CC(C)Cc1ccc2c(c1)NC(C)CO2. The van der Waals surface area contributed by atoms with Crippen LogP contribution in [0, 0.1) is 5.92 Å². The average molecular weight is 205 g/mol. The molecule has 0 aromatic heterocycles. The minimum atomic E-state index is 0.409. The Balaban J connectivity index is 2.20. The first-order chi connectivity index (χ1) is 7.15. The van der Waals surface area contributed by atoms with Gasteiger partial charge in [0.05, 0.1) is 11.7 Å². The van der Waals surface area contributed by atoms with Crippen molar-refractivity contribution >= 4 is 5.69 Å². The fraction of sp³-hybridized carbons (Fsp3) is 0.538. The van der Waals surface area contributed by atoms with Crippen molar-refractivity contribution in [1.82, 2.24) is 0 Å². The van der Waals surface area contributed by atoms with Gasteiger partial charge in [0.1, 0.15) is 12.4 Å². The highest BCUT2D eigenvalue weighted by Gasteiger charge is 2.15. The van der Waals surface area contributed by atoms with Crippen molar-refractivity contribution in [3.63, 3.8) is 0 Å². The number of anilines is 1. The van der Waals surface area contributed by atoms with Crippen molar-refractivity contribution in [2.45, 2.75) is 33.2 Å². The lowest BCUT2D eigenvalue weighted by molar-refractivity contribution is 0.291. The van der Waals surface area contributed by atoms with Gasteiger partial charge in [0.25, 0.3) is 0 Å². The van der Waals surface area contributed by atoms with Crippen molar-refractivity contribution in [3.05, 3.63) is 23.8 Å². The average Bonchev–Trinajstić information content (AvgIpc) is 2.16. The van der Waals surface area contributed by atoms with Gasteiger partial charge < -0.3 is 10.1 Å². The molecule has 0 aliphatic carbocycles. The molecule has 15 heavy (non-hydrogen) atoms. The van der Waals surface area contributed by atoms with E-state index in [1.807, 2.05) is 0 Å². The number of hydrogen-bond acceptors (Lipinski definition) is 2. The maximum atomic E-state index is 5.63. The number of nitrogens with one attached hydrogen (secondary N) is 1. The van der Waals surface area contributed by atoms with Gasteiger partial charge in [-0.05, 0) is 37.0 Å². The Bertz CT molecular complexity index is 346. The van der Waals surface area contributed by atoms with Gasteiger partial charge in [0.15, 0.2) is 0 Å². The largest absolute Gasteiger partial charge is 0.489 e. The second-order valence-electron chi connectivity index (χ2n) is 4.78. The summed E-state index contributed by atoms with van der Waals surface area (Å²) in [5, 5.41) is 3.45. The first-order valence-electron chi connectivity index (χ1n) is 5.67. The molecule has 0 radical (unpaired) electrons. The van der Waals surface area contributed by atoms with Gasteiger partial charge in [0, 0.05) is 0 Å². The van der Waals surface area contributed by atoms with E-state index in [0.717, 1.165) is 24.5 Å². The first-order valence-corrected chi connectivity index (χ1v) is 5.67. The van der Waals surface area contributed by atoms with Gasteiger partial charge in [-0.25, -0.2) is 0 Å². The van der Waals surface area contributed by atoms with Gasteiger partial charge in [-0.15, -0.1) is 0 Å². The third-order valence-electron chi connectivity index (χ3n) is 2.58. The van der Waals surface area contributed by atoms with Crippen molar-refractivity contribution < 1.29 is 4.74 Å². The molecule has 1 heterocycles. The molecule has 2 nitrogen and oxygen atoms in total. The van der Waals surface area contributed by atoms with Crippen LogP contribution in [0.3, 0.4) is 0 Å². The Morgan fingerprint density at radius 3 is 3.00 bits per heavy atom.